The van der Waals surface area contributed by atoms with Gasteiger partial charge in [-0.15, -0.1) is 11.3 Å². The lowest BCUT2D eigenvalue weighted by atomic mass is 9.72. The summed E-state index contributed by atoms with van der Waals surface area (Å²) in [5.41, 5.74) is 2.98. The van der Waals surface area contributed by atoms with Gasteiger partial charge in [0.05, 0.1) is 25.5 Å². The van der Waals surface area contributed by atoms with E-state index in [0.717, 1.165) is 24.8 Å². The van der Waals surface area contributed by atoms with E-state index in [1.807, 2.05) is 17.5 Å². The minimum absolute atomic E-state index is 0.0693. The fraction of sp³-hybridized carbons (Fsp3) is 0.476. The van der Waals surface area contributed by atoms with Gasteiger partial charge in [0, 0.05) is 16.3 Å². The number of anilines is 1. The van der Waals surface area contributed by atoms with Crippen LogP contribution in [-0.2, 0) is 12.8 Å². The van der Waals surface area contributed by atoms with E-state index in [2.05, 4.69) is 26.1 Å². The zero-order valence-electron chi connectivity index (χ0n) is 16.1. The predicted molar refractivity (Wildman–Crippen MR) is 107 cm³/mol. The Bertz CT molecular complexity index is 804. The van der Waals surface area contributed by atoms with Crippen LogP contribution in [0.2, 0.25) is 0 Å². The number of rotatable bonds is 4. The van der Waals surface area contributed by atoms with Gasteiger partial charge in [0.2, 0.25) is 0 Å². The Morgan fingerprint density at radius 2 is 2.00 bits per heavy atom. The third-order valence-corrected chi connectivity index (χ3v) is 6.33. The molecule has 26 heavy (non-hydrogen) atoms. The van der Waals surface area contributed by atoms with E-state index in [1.54, 1.807) is 31.6 Å². The molecule has 0 bridgehead atoms. The minimum atomic E-state index is -0.0693. The molecule has 5 heteroatoms. The number of thiophene rings is 1. The molecule has 1 aliphatic carbocycles. The number of methoxy groups -OCH3 is 2. The van der Waals surface area contributed by atoms with Gasteiger partial charge in [0.1, 0.15) is 11.5 Å². The molecule has 4 nitrogen and oxygen atoms in total. The zero-order valence-corrected chi connectivity index (χ0v) is 17.0. The van der Waals surface area contributed by atoms with Gasteiger partial charge in [-0.2, -0.15) is 0 Å². The first-order valence-electron chi connectivity index (χ1n) is 8.96. The molecular formula is C21H27NO3S. The maximum absolute atomic E-state index is 12.9. The Hall–Kier alpha value is -2.01. The molecule has 1 aromatic carbocycles. The Morgan fingerprint density at radius 3 is 2.65 bits per heavy atom. The maximum Gasteiger partial charge on any atom is 0.256 e. The highest BCUT2D eigenvalue weighted by atomic mass is 32.1. The number of hydrogen-bond donors (Lipinski definition) is 1. The normalized spacial score (nSPS) is 16.7. The van der Waals surface area contributed by atoms with Crippen LogP contribution in [0.3, 0.4) is 0 Å². The lowest BCUT2D eigenvalue weighted by molar-refractivity contribution is 0.102. The highest BCUT2D eigenvalue weighted by molar-refractivity contribution is 7.10. The number of benzene rings is 1. The predicted octanol–water partition coefficient (Wildman–Crippen LogP) is 5.17. The van der Waals surface area contributed by atoms with Crippen LogP contribution in [0.5, 0.6) is 11.5 Å². The number of hydrogen-bond acceptors (Lipinski definition) is 4. The highest BCUT2D eigenvalue weighted by Gasteiger charge is 2.31. The van der Waals surface area contributed by atoms with Crippen molar-refractivity contribution in [1.29, 1.82) is 0 Å². The lowest BCUT2D eigenvalue weighted by Gasteiger charge is -2.34. The van der Waals surface area contributed by atoms with Crippen molar-refractivity contribution in [2.24, 2.45) is 11.3 Å². The Labute approximate surface area is 159 Å². The minimum Gasteiger partial charge on any atom is -0.497 e. The topological polar surface area (TPSA) is 47.6 Å². The second kappa shape index (κ2) is 7.31. The Kier molecular flexibility index (Phi) is 5.28. The molecule has 140 valence electrons. The van der Waals surface area contributed by atoms with Gasteiger partial charge in [-0.3, -0.25) is 4.79 Å². The van der Waals surface area contributed by atoms with Crippen LogP contribution in [-0.4, -0.2) is 20.1 Å². The Balaban J connectivity index is 1.80. The van der Waals surface area contributed by atoms with Crippen molar-refractivity contribution in [3.05, 3.63) is 39.6 Å². The van der Waals surface area contributed by atoms with Crippen LogP contribution in [0.15, 0.2) is 23.6 Å². The molecule has 0 spiro atoms. The number of fused-ring (bicyclic) bond motifs is 1. The summed E-state index contributed by atoms with van der Waals surface area (Å²) in [6, 6.07) is 5.39. The van der Waals surface area contributed by atoms with E-state index >= 15 is 0 Å². The molecule has 0 aliphatic heterocycles. The van der Waals surface area contributed by atoms with E-state index in [0.29, 0.717) is 28.5 Å². The van der Waals surface area contributed by atoms with Crippen molar-refractivity contribution in [2.45, 2.75) is 40.0 Å². The summed E-state index contributed by atoms with van der Waals surface area (Å²) in [6.07, 6.45) is 3.19. The first-order chi connectivity index (χ1) is 12.3. The number of nitrogens with one attached hydrogen (secondary N) is 1. The maximum atomic E-state index is 12.9. The lowest BCUT2D eigenvalue weighted by Crippen LogP contribution is -2.27. The largest absolute Gasteiger partial charge is 0.497 e. The summed E-state index contributed by atoms with van der Waals surface area (Å²) >= 11 is 1.71. The summed E-state index contributed by atoms with van der Waals surface area (Å²) < 4.78 is 10.6. The summed E-state index contributed by atoms with van der Waals surface area (Å²) in [6.45, 7) is 6.92. The molecule has 1 aliphatic rings. The molecule has 1 amide bonds. The molecular weight excluding hydrogens is 346 g/mol. The number of carbonyl (C=O) groups is 1. The molecule has 1 N–H and O–H groups in total. The average Bonchev–Trinajstić information content (AvgIpc) is 3.04. The van der Waals surface area contributed by atoms with Crippen molar-refractivity contribution in [1.82, 2.24) is 0 Å². The van der Waals surface area contributed by atoms with Crippen LogP contribution in [0.1, 0.15) is 48.0 Å². The molecule has 1 atom stereocenters. The van der Waals surface area contributed by atoms with Gasteiger partial charge in [-0.05, 0) is 48.3 Å². The fourth-order valence-electron chi connectivity index (χ4n) is 3.53. The monoisotopic (exact) mass is 373 g/mol. The van der Waals surface area contributed by atoms with E-state index in [-0.39, 0.29) is 5.91 Å². The van der Waals surface area contributed by atoms with Gasteiger partial charge in [-0.25, -0.2) is 0 Å². The summed E-state index contributed by atoms with van der Waals surface area (Å²) in [5, 5.41) is 4.99. The van der Waals surface area contributed by atoms with Gasteiger partial charge in [-0.1, -0.05) is 20.8 Å². The van der Waals surface area contributed by atoms with Crippen LogP contribution in [0.4, 0.5) is 5.69 Å². The van der Waals surface area contributed by atoms with Gasteiger partial charge >= 0.3 is 0 Å². The van der Waals surface area contributed by atoms with Gasteiger partial charge in [0.15, 0.2) is 0 Å². The van der Waals surface area contributed by atoms with Crippen molar-refractivity contribution in [3.63, 3.8) is 0 Å². The third-order valence-electron chi connectivity index (χ3n) is 5.28. The average molecular weight is 374 g/mol. The molecule has 0 radical (unpaired) electrons. The van der Waals surface area contributed by atoms with Crippen molar-refractivity contribution in [2.75, 3.05) is 19.5 Å². The summed E-state index contributed by atoms with van der Waals surface area (Å²) in [5.74, 6) is 1.89. The number of carbonyl (C=O) groups excluding carboxylic acids is 1. The molecule has 0 saturated carbocycles. The molecule has 2 aromatic rings. The summed E-state index contributed by atoms with van der Waals surface area (Å²) in [4.78, 5) is 14.2. The van der Waals surface area contributed by atoms with E-state index in [1.165, 1.54) is 10.4 Å². The quantitative estimate of drug-likeness (QED) is 0.804. The van der Waals surface area contributed by atoms with E-state index in [9.17, 15) is 4.79 Å². The van der Waals surface area contributed by atoms with E-state index < -0.39 is 0 Å². The molecule has 1 unspecified atom stereocenters. The summed E-state index contributed by atoms with van der Waals surface area (Å²) in [7, 11) is 3.19. The first-order valence-corrected chi connectivity index (χ1v) is 9.84. The molecule has 0 fully saturated rings. The highest BCUT2D eigenvalue weighted by Crippen LogP contribution is 2.41. The zero-order chi connectivity index (χ0) is 18.9. The SMILES string of the molecule is COc1ccc(NC(=O)c2csc3c2CCC(C(C)(C)C)C3)c(OC)c1. The second-order valence-corrected chi connectivity index (χ2v) is 8.84. The molecule has 3 rings (SSSR count). The van der Waals surface area contributed by atoms with Crippen LogP contribution < -0.4 is 14.8 Å². The van der Waals surface area contributed by atoms with Gasteiger partial charge < -0.3 is 14.8 Å². The molecule has 1 heterocycles. The molecule has 0 saturated heterocycles. The number of ether oxygens (including phenoxy) is 2. The van der Waals surface area contributed by atoms with Crippen LogP contribution >= 0.6 is 11.3 Å². The van der Waals surface area contributed by atoms with Gasteiger partial charge in [0.25, 0.3) is 5.91 Å². The Morgan fingerprint density at radius 1 is 1.23 bits per heavy atom. The first kappa shape index (κ1) is 18.8. The number of amides is 1. The van der Waals surface area contributed by atoms with Crippen LogP contribution in [0, 0.1) is 11.3 Å². The van der Waals surface area contributed by atoms with Crippen molar-refractivity contribution < 1.29 is 14.3 Å². The smallest absolute Gasteiger partial charge is 0.256 e. The van der Waals surface area contributed by atoms with Crippen LogP contribution in [0.25, 0.3) is 0 Å². The van der Waals surface area contributed by atoms with E-state index in [4.69, 9.17) is 9.47 Å². The van der Waals surface area contributed by atoms with Crippen molar-refractivity contribution in [3.8, 4) is 11.5 Å². The molecule has 1 aromatic heterocycles. The standard InChI is InChI=1S/C21H27NO3S/c1-21(2,3)13-6-8-15-16(12-26-19(15)10-13)20(23)22-17-9-7-14(24-4)11-18(17)25-5/h7,9,11-13H,6,8,10H2,1-5H3,(H,22,23). The third kappa shape index (κ3) is 3.73. The van der Waals surface area contributed by atoms with Crippen molar-refractivity contribution >= 4 is 22.9 Å². The fourth-order valence-corrected chi connectivity index (χ4v) is 4.69. The second-order valence-electron chi connectivity index (χ2n) is 7.88.